The monoisotopic (exact) mass is 422 g/mol. The molecule has 0 radical (unpaired) electrons. The van der Waals surface area contributed by atoms with Gasteiger partial charge in [-0.05, 0) is 42.8 Å². The van der Waals surface area contributed by atoms with Gasteiger partial charge in [-0.3, -0.25) is 9.52 Å². The molecule has 152 valence electrons. The van der Waals surface area contributed by atoms with Crippen molar-refractivity contribution in [2.45, 2.75) is 6.92 Å². The first-order chi connectivity index (χ1) is 13.5. The van der Waals surface area contributed by atoms with E-state index in [4.69, 9.17) is 5.73 Å². The number of benzene rings is 2. The molecule has 0 bridgehead atoms. The second-order valence-electron chi connectivity index (χ2n) is 6.14. The molecule has 0 aliphatic carbocycles. The Labute approximate surface area is 164 Å². The molecule has 12 heteroatoms. The van der Waals surface area contributed by atoms with E-state index in [1.54, 1.807) is 0 Å². The molecule has 0 amide bonds. The SMILES string of the molecule is Cc1ccc(F)c(C(=O)n2nc(Nc3ccc(NS(C)(=O)=O)cc3)nc2N)c1F. The van der Waals surface area contributed by atoms with Gasteiger partial charge in [-0.1, -0.05) is 6.07 Å². The fraction of sp³-hybridized carbons (Fsp3) is 0.118. The van der Waals surface area contributed by atoms with Crippen molar-refractivity contribution in [3.63, 3.8) is 0 Å². The van der Waals surface area contributed by atoms with Gasteiger partial charge in [-0.2, -0.15) is 9.67 Å². The van der Waals surface area contributed by atoms with E-state index in [0.29, 0.717) is 16.1 Å². The summed E-state index contributed by atoms with van der Waals surface area (Å²) in [5.74, 6) is -3.61. The number of hydrogen-bond acceptors (Lipinski definition) is 7. The molecule has 29 heavy (non-hydrogen) atoms. The predicted octanol–water partition coefficient (Wildman–Crippen LogP) is 2.25. The molecular formula is C17H16F2N6O3S. The number of anilines is 4. The summed E-state index contributed by atoms with van der Waals surface area (Å²) in [6, 6.07) is 8.24. The van der Waals surface area contributed by atoms with Crippen molar-refractivity contribution in [2.75, 3.05) is 22.0 Å². The highest BCUT2D eigenvalue weighted by Gasteiger charge is 2.24. The summed E-state index contributed by atoms with van der Waals surface area (Å²) >= 11 is 0. The van der Waals surface area contributed by atoms with Crippen molar-refractivity contribution in [2.24, 2.45) is 0 Å². The Morgan fingerprint density at radius 1 is 1.10 bits per heavy atom. The Kier molecular flexibility index (Phi) is 5.20. The summed E-state index contributed by atoms with van der Waals surface area (Å²) in [7, 11) is -3.41. The molecule has 0 atom stereocenters. The van der Waals surface area contributed by atoms with Crippen molar-refractivity contribution in [1.82, 2.24) is 14.8 Å². The van der Waals surface area contributed by atoms with E-state index >= 15 is 0 Å². The van der Waals surface area contributed by atoms with Crippen LogP contribution in [0.25, 0.3) is 0 Å². The molecule has 1 heterocycles. The second-order valence-corrected chi connectivity index (χ2v) is 7.89. The molecule has 2 aromatic carbocycles. The van der Waals surface area contributed by atoms with Gasteiger partial charge in [0, 0.05) is 11.4 Å². The molecule has 0 saturated carbocycles. The zero-order valence-corrected chi connectivity index (χ0v) is 16.1. The highest BCUT2D eigenvalue weighted by Crippen LogP contribution is 2.21. The van der Waals surface area contributed by atoms with Gasteiger partial charge in [-0.15, -0.1) is 5.10 Å². The van der Waals surface area contributed by atoms with Crippen molar-refractivity contribution in [1.29, 1.82) is 0 Å². The maximum absolute atomic E-state index is 14.2. The van der Waals surface area contributed by atoms with E-state index in [2.05, 4.69) is 20.1 Å². The fourth-order valence-electron chi connectivity index (χ4n) is 2.45. The number of nitrogens with zero attached hydrogens (tertiary/aromatic N) is 3. The highest BCUT2D eigenvalue weighted by atomic mass is 32.2. The Hall–Kier alpha value is -3.54. The molecule has 0 saturated heterocycles. The number of nitrogens with two attached hydrogens (primary N) is 1. The summed E-state index contributed by atoms with van der Waals surface area (Å²) in [5, 5.41) is 6.61. The van der Waals surface area contributed by atoms with Crippen LogP contribution in [0.3, 0.4) is 0 Å². The number of hydrogen-bond donors (Lipinski definition) is 3. The number of halogens is 2. The molecule has 0 aliphatic heterocycles. The van der Waals surface area contributed by atoms with Crippen LogP contribution in [0.4, 0.5) is 32.1 Å². The third kappa shape index (κ3) is 4.48. The zero-order valence-electron chi connectivity index (χ0n) is 15.3. The zero-order chi connectivity index (χ0) is 21.3. The summed E-state index contributed by atoms with van der Waals surface area (Å²) in [4.78, 5) is 16.4. The molecule has 3 rings (SSSR count). The minimum absolute atomic E-state index is 0.0897. The Morgan fingerprint density at radius 2 is 1.72 bits per heavy atom. The van der Waals surface area contributed by atoms with Crippen LogP contribution < -0.4 is 15.8 Å². The number of sulfonamides is 1. The van der Waals surface area contributed by atoms with Gasteiger partial charge in [-0.25, -0.2) is 17.2 Å². The standard InChI is InChI=1S/C17H16F2N6O3S/c1-9-3-8-12(18)13(14(9)19)15(26)25-16(20)22-17(23-25)21-10-4-6-11(7-5-10)24-29(2,27)28/h3-8,24H,1-2H3,(H3,20,21,22,23). The maximum atomic E-state index is 14.2. The lowest BCUT2D eigenvalue weighted by Gasteiger charge is -2.07. The lowest BCUT2D eigenvalue weighted by molar-refractivity contribution is 0.0939. The molecule has 0 spiro atoms. The average Bonchev–Trinajstić information content (AvgIpc) is 2.99. The summed E-state index contributed by atoms with van der Waals surface area (Å²) < 4.78 is 53.5. The van der Waals surface area contributed by atoms with Crippen LogP contribution in [-0.4, -0.2) is 35.3 Å². The first-order valence-corrected chi connectivity index (χ1v) is 10.0. The van der Waals surface area contributed by atoms with Gasteiger partial charge in [0.15, 0.2) is 0 Å². The normalized spacial score (nSPS) is 11.3. The lowest BCUT2D eigenvalue weighted by Crippen LogP contribution is -2.20. The van der Waals surface area contributed by atoms with Crippen LogP contribution in [0.1, 0.15) is 15.9 Å². The quantitative estimate of drug-likeness (QED) is 0.574. The third-order valence-corrected chi connectivity index (χ3v) is 4.37. The number of rotatable bonds is 5. The third-order valence-electron chi connectivity index (χ3n) is 3.77. The Balaban J connectivity index is 1.84. The van der Waals surface area contributed by atoms with Crippen LogP contribution in [0.15, 0.2) is 36.4 Å². The molecule has 0 aliphatic rings. The molecule has 0 fully saturated rings. The Bertz CT molecular complexity index is 1190. The molecule has 3 aromatic rings. The molecule has 0 unspecified atom stereocenters. The van der Waals surface area contributed by atoms with Gasteiger partial charge in [0.25, 0.3) is 5.91 Å². The summed E-state index contributed by atoms with van der Waals surface area (Å²) in [5.41, 5.74) is 5.78. The van der Waals surface area contributed by atoms with Crippen molar-refractivity contribution >= 4 is 39.2 Å². The minimum atomic E-state index is -3.41. The number of aromatic nitrogens is 3. The van der Waals surface area contributed by atoms with Crippen molar-refractivity contribution in [3.05, 3.63) is 59.2 Å². The molecular weight excluding hydrogens is 406 g/mol. The van der Waals surface area contributed by atoms with E-state index in [0.717, 1.165) is 12.3 Å². The van der Waals surface area contributed by atoms with Crippen LogP contribution in [0.5, 0.6) is 0 Å². The minimum Gasteiger partial charge on any atom is -0.368 e. The predicted molar refractivity (Wildman–Crippen MR) is 103 cm³/mol. The number of nitrogens with one attached hydrogen (secondary N) is 2. The highest BCUT2D eigenvalue weighted by molar-refractivity contribution is 7.92. The van der Waals surface area contributed by atoms with Gasteiger partial charge < -0.3 is 11.1 Å². The van der Waals surface area contributed by atoms with Crippen LogP contribution >= 0.6 is 0 Å². The second kappa shape index (κ2) is 7.47. The number of nitrogen functional groups attached to an aromatic ring is 1. The van der Waals surface area contributed by atoms with Crippen LogP contribution in [0, 0.1) is 18.6 Å². The van der Waals surface area contributed by atoms with Gasteiger partial charge in [0.2, 0.25) is 21.9 Å². The topological polar surface area (TPSA) is 132 Å². The largest absolute Gasteiger partial charge is 0.368 e. The number of carbonyl (C=O) groups is 1. The Morgan fingerprint density at radius 3 is 2.34 bits per heavy atom. The molecule has 9 nitrogen and oxygen atoms in total. The van der Waals surface area contributed by atoms with Gasteiger partial charge in [0.1, 0.15) is 17.2 Å². The van der Waals surface area contributed by atoms with E-state index in [9.17, 15) is 22.0 Å². The first kappa shape index (κ1) is 20.2. The van der Waals surface area contributed by atoms with E-state index in [1.165, 1.54) is 37.3 Å². The molecule has 4 N–H and O–H groups in total. The van der Waals surface area contributed by atoms with E-state index in [1.807, 2.05) is 0 Å². The summed E-state index contributed by atoms with van der Waals surface area (Å²) in [6.45, 7) is 1.39. The number of aryl methyl sites for hydroxylation is 1. The van der Waals surface area contributed by atoms with Crippen molar-refractivity contribution in [3.8, 4) is 0 Å². The van der Waals surface area contributed by atoms with Crippen molar-refractivity contribution < 1.29 is 22.0 Å². The lowest BCUT2D eigenvalue weighted by atomic mass is 10.1. The first-order valence-electron chi connectivity index (χ1n) is 8.12. The fourth-order valence-corrected chi connectivity index (χ4v) is 3.01. The number of carbonyl (C=O) groups excluding carboxylic acids is 1. The van der Waals surface area contributed by atoms with Gasteiger partial charge >= 0.3 is 0 Å². The van der Waals surface area contributed by atoms with Crippen LogP contribution in [0.2, 0.25) is 0 Å². The smallest absolute Gasteiger partial charge is 0.287 e. The molecule has 1 aromatic heterocycles. The van der Waals surface area contributed by atoms with Gasteiger partial charge in [0.05, 0.1) is 6.26 Å². The summed E-state index contributed by atoms with van der Waals surface area (Å²) in [6.07, 6.45) is 1.02. The van der Waals surface area contributed by atoms with Crippen LogP contribution in [-0.2, 0) is 10.0 Å². The van der Waals surface area contributed by atoms with E-state index in [-0.39, 0.29) is 17.5 Å². The average molecular weight is 422 g/mol. The maximum Gasteiger partial charge on any atom is 0.287 e. The van der Waals surface area contributed by atoms with E-state index < -0.39 is 33.1 Å².